The zero-order valence-corrected chi connectivity index (χ0v) is 13.3. The standard InChI is InChI=1S/C16H23NO3S/c1-13-2-4-15(5-3-13)21-12-16(19)17-8-6-14(7-9-17)20-11-10-18/h2-5,14,18H,6-12H2,1H3. The number of rotatable bonds is 6. The van der Waals surface area contributed by atoms with Gasteiger partial charge in [-0.15, -0.1) is 11.8 Å². The second kappa shape index (κ2) is 8.41. The maximum absolute atomic E-state index is 12.2. The molecule has 1 aliphatic rings. The van der Waals surface area contributed by atoms with Crippen molar-refractivity contribution in [3.8, 4) is 0 Å². The molecule has 5 heteroatoms. The van der Waals surface area contributed by atoms with E-state index in [4.69, 9.17) is 9.84 Å². The molecule has 0 spiro atoms. The minimum Gasteiger partial charge on any atom is -0.394 e. The Morgan fingerprint density at radius 2 is 2.00 bits per heavy atom. The fourth-order valence-electron chi connectivity index (χ4n) is 2.36. The molecule has 1 N–H and O–H groups in total. The maximum atomic E-state index is 12.2. The lowest BCUT2D eigenvalue weighted by atomic mass is 10.1. The van der Waals surface area contributed by atoms with Gasteiger partial charge in [0.15, 0.2) is 0 Å². The molecule has 1 aromatic carbocycles. The van der Waals surface area contributed by atoms with E-state index in [1.54, 1.807) is 11.8 Å². The van der Waals surface area contributed by atoms with Crippen LogP contribution in [0.3, 0.4) is 0 Å². The molecule has 1 fully saturated rings. The molecule has 0 unspecified atom stereocenters. The van der Waals surface area contributed by atoms with Crippen LogP contribution < -0.4 is 0 Å². The number of aryl methyl sites for hydroxylation is 1. The van der Waals surface area contributed by atoms with Gasteiger partial charge in [0.05, 0.1) is 25.1 Å². The fourth-order valence-corrected chi connectivity index (χ4v) is 3.16. The van der Waals surface area contributed by atoms with Gasteiger partial charge in [-0.2, -0.15) is 0 Å². The number of amides is 1. The first-order valence-corrected chi connectivity index (χ1v) is 8.37. The molecule has 0 bridgehead atoms. The first-order valence-electron chi connectivity index (χ1n) is 7.39. The third-order valence-electron chi connectivity index (χ3n) is 3.62. The second-order valence-corrected chi connectivity index (χ2v) is 6.33. The summed E-state index contributed by atoms with van der Waals surface area (Å²) >= 11 is 1.59. The molecule has 0 aliphatic carbocycles. The number of carbonyl (C=O) groups is 1. The topological polar surface area (TPSA) is 49.8 Å². The van der Waals surface area contributed by atoms with Crippen molar-refractivity contribution in [2.24, 2.45) is 0 Å². The molecule has 2 rings (SSSR count). The van der Waals surface area contributed by atoms with Crippen LogP contribution in [0.2, 0.25) is 0 Å². The smallest absolute Gasteiger partial charge is 0.232 e. The summed E-state index contributed by atoms with van der Waals surface area (Å²) in [6.07, 6.45) is 1.91. The Hall–Kier alpha value is -1.04. The predicted octanol–water partition coefficient (Wildman–Crippen LogP) is 2.09. The van der Waals surface area contributed by atoms with E-state index in [0.717, 1.165) is 30.8 Å². The quantitative estimate of drug-likeness (QED) is 0.818. The Labute approximate surface area is 130 Å². The van der Waals surface area contributed by atoms with Crippen molar-refractivity contribution in [1.29, 1.82) is 0 Å². The highest BCUT2D eigenvalue weighted by atomic mass is 32.2. The van der Waals surface area contributed by atoms with Crippen LogP contribution in [0, 0.1) is 6.92 Å². The number of benzene rings is 1. The maximum Gasteiger partial charge on any atom is 0.232 e. The number of aliphatic hydroxyl groups excluding tert-OH is 1. The summed E-state index contributed by atoms with van der Waals surface area (Å²) in [6, 6.07) is 8.25. The van der Waals surface area contributed by atoms with Crippen LogP contribution in [0.1, 0.15) is 18.4 Å². The number of nitrogens with zero attached hydrogens (tertiary/aromatic N) is 1. The number of hydrogen-bond donors (Lipinski definition) is 1. The van der Waals surface area contributed by atoms with Gasteiger partial charge in [0.1, 0.15) is 0 Å². The molecule has 21 heavy (non-hydrogen) atoms. The zero-order chi connectivity index (χ0) is 15.1. The number of likely N-dealkylation sites (tertiary alicyclic amines) is 1. The lowest BCUT2D eigenvalue weighted by Gasteiger charge is -2.31. The summed E-state index contributed by atoms with van der Waals surface area (Å²) in [7, 11) is 0. The van der Waals surface area contributed by atoms with Crippen LogP contribution in [0.15, 0.2) is 29.2 Å². The van der Waals surface area contributed by atoms with Gasteiger partial charge in [-0.05, 0) is 31.9 Å². The molecule has 4 nitrogen and oxygen atoms in total. The van der Waals surface area contributed by atoms with Crippen molar-refractivity contribution in [3.63, 3.8) is 0 Å². The Morgan fingerprint density at radius 3 is 2.62 bits per heavy atom. The number of hydrogen-bond acceptors (Lipinski definition) is 4. The molecule has 1 amide bonds. The number of carbonyl (C=O) groups excluding carboxylic acids is 1. The molecule has 0 aromatic heterocycles. The zero-order valence-electron chi connectivity index (χ0n) is 12.5. The van der Waals surface area contributed by atoms with Crippen molar-refractivity contribution in [2.75, 3.05) is 32.1 Å². The van der Waals surface area contributed by atoms with Crippen molar-refractivity contribution in [1.82, 2.24) is 4.90 Å². The van der Waals surface area contributed by atoms with Gasteiger partial charge in [-0.3, -0.25) is 4.79 Å². The summed E-state index contributed by atoms with van der Waals surface area (Å²) < 4.78 is 5.51. The van der Waals surface area contributed by atoms with Crippen LogP contribution in [-0.2, 0) is 9.53 Å². The molecule has 1 heterocycles. The average molecular weight is 309 g/mol. The highest BCUT2D eigenvalue weighted by Gasteiger charge is 2.22. The normalized spacial score (nSPS) is 16.2. The Kier molecular flexibility index (Phi) is 6.54. The molecule has 1 aromatic rings. The fraction of sp³-hybridized carbons (Fsp3) is 0.562. The van der Waals surface area contributed by atoms with E-state index in [1.807, 2.05) is 4.90 Å². The summed E-state index contributed by atoms with van der Waals surface area (Å²) in [6.45, 7) is 4.02. The molecule has 0 radical (unpaired) electrons. The summed E-state index contributed by atoms with van der Waals surface area (Å²) in [5.74, 6) is 0.687. The van der Waals surface area contributed by atoms with E-state index in [1.165, 1.54) is 5.56 Å². The predicted molar refractivity (Wildman–Crippen MR) is 84.5 cm³/mol. The van der Waals surface area contributed by atoms with Gasteiger partial charge in [0, 0.05) is 18.0 Å². The third kappa shape index (κ3) is 5.34. The lowest BCUT2D eigenvalue weighted by Crippen LogP contribution is -2.41. The highest BCUT2D eigenvalue weighted by Crippen LogP contribution is 2.20. The SMILES string of the molecule is Cc1ccc(SCC(=O)N2CCC(OCCO)CC2)cc1. The lowest BCUT2D eigenvalue weighted by molar-refractivity contribution is -0.131. The molecule has 1 saturated heterocycles. The molecular weight excluding hydrogens is 286 g/mol. The van der Waals surface area contributed by atoms with E-state index in [0.29, 0.717) is 12.4 Å². The average Bonchev–Trinajstić information content (AvgIpc) is 2.52. The van der Waals surface area contributed by atoms with Crippen molar-refractivity contribution in [2.45, 2.75) is 30.8 Å². The van der Waals surface area contributed by atoms with E-state index in [2.05, 4.69) is 31.2 Å². The van der Waals surface area contributed by atoms with E-state index < -0.39 is 0 Å². The van der Waals surface area contributed by atoms with E-state index >= 15 is 0 Å². The van der Waals surface area contributed by atoms with E-state index in [9.17, 15) is 4.79 Å². The third-order valence-corrected chi connectivity index (χ3v) is 4.62. The minimum atomic E-state index is 0.0618. The van der Waals surface area contributed by atoms with Gasteiger partial charge in [0.2, 0.25) is 5.91 Å². The van der Waals surface area contributed by atoms with Crippen molar-refractivity contribution >= 4 is 17.7 Å². The number of aliphatic hydroxyl groups is 1. The molecular formula is C16H23NO3S. The number of piperidine rings is 1. The van der Waals surface area contributed by atoms with E-state index in [-0.39, 0.29) is 18.6 Å². The highest BCUT2D eigenvalue weighted by molar-refractivity contribution is 8.00. The molecule has 0 saturated carbocycles. The van der Waals surface area contributed by atoms with Crippen LogP contribution in [0.5, 0.6) is 0 Å². The van der Waals surface area contributed by atoms with Crippen LogP contribution in [0.4, 0.5) is 0 Å². The number of thioether (sulfide) groups is 1. The molecule has 0 atom stereocenters. The van der Waals surface area contributed by atoms with Gasteiger partial charge in [-0.25, -0.2) is 0 Å². The number of ether oxygens (including phenoxy) is 1. The summed E-state index contributed by atoms with van der Waals surface area (Å²) in [5, 5.41) is 8.74. The largest absolute Gasteiger partial charge is 0.394 e. The van der Waals surface area contributed by atoms with Crippen LogP contribution >= 0.6 is 11.8 Å². The Balaban J connectivity index is 1.71. The molecule has 116 valence electrons. The summed E-state index contributed by atoms with van der Waals surface area (Å²) in [4.78, 5) is 15.2. The van der Waals surface area contributed by atoms with Gasteiger partial charge >= 0.3 is 0 Å². The van der Waals surface area contributed by atoms with Crippen molar-refractivity contribution in [3.05, 3.63) is 29.8 Å². The first kappa shape index (κ1) is 16.3. The Bertz CT molecular complexity index is 441. The molecule has 1 aliphatic heterocycles. The van der Waals surface area contributed by atoms with Crippen molar-refractivity contribution < 1.29 is 14.6 Å². The van der Waals surface area contributed by atoms with Crippen LogP contribution in [-0.4, -0.2) is 54.1 Å². The second-order valence-electron chi connectivity index (χ2n) is 5.28. The van der Waals surface area contributed by atoms with Gasteiger partial charge < -0.3 is 14.7 Å². The first-order chi connectivity index (χ1) is 10.2. The van der Waals surface area contributed by atoms with Gasteiger partial charge in [-0.1, -0.05) is 17.7 Å². The summed E-state index contributed by atoms with van der Waals surface area (Å²) in [5.41, 5.74) is 1.23. The monoisotopic (exact) mass is 309 g/mol. The Morgan fingerprint density at radius 1 is 1.33 bits per heavy atom. The minimum absolute atomic E-state index is 0.0618. The van der Waals surface area contributed by atoms with Gasteiger partial charge in [0.25, 0.3) is 0 Å². The van der Waals surface area contributed by atoms with Crippen LogP contribution in [0.25, 0.3) is 0 Å².